The summed E-state index contributed by atoms with van der Waals surface area (Å²) in [7, 11) is -4.93. The number of sulfonamides is 1. The summed E-state index contributed by atoms with van der Waals surface area (Å²) >= 11 is 0. The molecular formula is C9H9F2NO2S. The molecule has 82 valence electrons. The van der Waals surface area contributed by atoms with E-state index in [4.69, 9.17) is 0 Å². The third-order valence-corrected chi connectivity index (χ3v) is 2.79. The Balaban J connectivity index is 3.23. The summed E-state index contributed by atoms with van der Waals surface area (Å²) < 4.78 is 47.6. The summed E-state index contributed by atoms with van der Waals surface area (Å²) in [5.41, 5.74) is -0.0421. The Morgan fingerprint density at radius 1 is 1.27 bits per heavy atom. The SMILES string of the molecule is C=Cc1ccc(C(F)(F)S(N)(=O)=O)cc1. The molecule has 0 aliphatic rings. The number of benzene rings is 1. The van der Waals surface area contributed by atoms with Crippen molar-refractivity contribution < 1.29 is 17.2 Å². The van der Waals surface area contributed by atoms with Gasteiger partial charge in [-0.3, -0.25) is 0 Å². The van der Waals surface area contributed by atoms with Crippen LogP contribution in [0.4, 0.5) is 8.78 Å². The first-order valence-corrected chi connectivity index (χ1v) is 5.47. The molecule has 0 aliphatic carbocycles. The fourth-order valence-corrected chi connectivity index (χ4v) is 1.44. The van der Waals surface area contributed by atoms with E-state index in [9.17, 15) is 17.2 Å². The molecule has 0 unspecified atom stereocenters. The molecule has 0 saturated carbocycles. The molecule has 0 radical (unpaired) electrons. The second-order valence-electron chi connectivity index (χ2n) is 2.89. The molecule has 1 rings (SSSR count). The van der Waals surface area contributed by atoms with Crippen molar-refractivity contribution in [3.8, 4) is 0 Å². The summed E-state index contributed by atoms with van der Waals surface area (Å²) in [6.45, 7) is 3.44. The van der Waals surface area contributed by atoms with Crippen LogP contribution < -0.4 is 5.14 Å². The lowest BCUT2D eigenvalue weighted by Gasteiger charge is -2.13. The molecule has 0 heterocycles. The van der Waals surface area contributed by atoms with E-state index < -0.39 is 20.8 Å². The van der Waals surface area contributed by atoms with Crippen LogP contribution in [0.15, 0.2) is 30.8 Å². The largest absolute Gasteiger partial charge is 0.384 e. The van der Waals surface area contributed by atoms with E-state index in [-0.39, 0.29) is 0 Å². The van der Waals surface area contributed by atoms with E-state index in [0.717, 1.165) is 12.1 Å². The van der Waals surface area contributed by atoms with Crippen molar-refractivity contribution in [1.82, 2.24) is 0 Å². The number of alkyl halides is 2. The van der Waals surface area contributed by atoms with Gasteiger partial charge < -0.3 is 0 Å². The summed E-state index contributed by atoms with van der Waals surface area (Å²) in [5.74, 6) is 0. The number of hydrogen-bond acceptors (Lipinski definition) is 2. The van der Waals surface area contributed by atoms with Crippen molar-refractivity contribution in [1.29, 1.82) is 0 Å². The first-order valence-electron chi connectivity index (χ1n) is 3.92. The average molecular weight is 233 g/mol. The third kappa shape index (κ3) is 2.21. The summed E-state index contributed by atoms with van der Waals surface area (Å²) in [6.07, 6.45) is 1.46. The zero-order valence-corrected chi connectivity index (χ0v) is 8.47. The molecule has 0 bridgehead atoms. The zero-order chi connectivity index (χ0) is 11.7. The van der Waals surface area contributed by atoms with E-state index >= 15 is 0 Å². The van der Waals surface area contributed by atoms with E-state index in [1.54, 1.807) is 0 Å². The van der Waals surface area contributed by atoms with Crippen molar-refractivity contribution in [2.75, 3.05) is 0 Å². The molecule has 0 fully saturated rings. The van der Waals surface area contributed by atoms with Crippen LogP contribution in [0.2, 0.25) is 0 Å². The lowest BCUT2D eigenvalue weighted by atomic mass is 10.1. The molecule has 3 nitrogen and oxygen atoms in total. The van der Waals surface area contributed by atoms with Gasteiger partial charge in [0.05, 0.1) is 0 Å². The van der Waals surface area contributed by atoms with E-state index in [1.807, 2.05) is 0 Å². The van der Waals surface area contributed by atoms with E-state index in [1.165, 1.54) is 18.2 Å². The summed E-state index contributed by atoms with van der Waals surface area (Å²) in [6, 6.07) is 4.67. The minimum atomic E-state index is -4.93. The highest BCUT2D eigenvalue weighted by Gasteiger charge is 2.44. The number of hydrogen-bond donors (Lipinski definition) is 1. The van der Waals surface area contributed by atoms with Gasteiger partial charge in [0.2, 0.25) is 0 Å². The molecule has 15 heavy (non-hydrogen) atoms. The molecule has 0 saturated heterocycles. The van der Waals surface area contributed by atoms with Gasteiger partial charge in [-0.1, -0.05) is 36.9 Å². The maximum Gasteiger partial charge on any atom is 0.384 e. The topological polar surface area (TPSA) is 60.2 Å². The van der Waals surface area contributed by atoms with Crippen LogP contribution in [0.3, 0.4) is 0 Å². The van der Waals surface area contributed by atoms with Gasteiger partial charge in [0.25, 0.3) is 10.0 Å². The normalized spacial score (nSPS) is 12.5. The number of halogens is 2. The molecule has 0 aromatic heterocycles. The Bertz CT molecular complexity index is 465. The van der Waals surface area contributed by atoms with Crippen LogP contribution in [0.25, 0.3) is 6.08 Å². The second-order valence-corrected chi connectivity index (χ2v) is 4.49. The van der Waals surface area contributed by atoms with Gasteiger partial charge in [0.15, 0.2) is 0 Å². The van der Waals surface area contributed by atoms with Crippen LogP contribution >= 0.6 is 0 Å². The Labute approximate surface area is 86.3 Å². The van der Waals surface area contributed by atoms with Gasteiger partial charge in [0, 0.05) is 5.56 Å². The Morgan fingerprint density at radius 3 is 2.07 bits per heavy atom. The number of primary sulfonamides is 1. The van der Waals surface area contributed by atoms with E-state index in [0.29, 0.717) is 5.56 Å². The highest BCUT2D eigenvalue weighted by Crippen LogP contribution is 2.32. The molecule has 6 heteroatoms. The maximum atomic E-state index is 13.2. The van der Waals surface area contributed by atoms with Crippen LogP contribution in [-0.4, -0.2) is 8.42 Å². The maximum absolute atomic E-state index is 13.2. The van der Waals surface area contributed by atoms with Crippen LogP contribution in [-0.2, 0) is 15.3 Å². The fourth-order valence-electron chi connectivity index (χ4n) is 0.977. The van der Waals surface area contributed by atoms with Gasteiger partial charge >= 0.3 is 5.25 Å². The van der Waals surface area contributed by atoms with Crippen molar-refractivity contribution in [2.45, 2.75) is 5.25 Å². The lowest BCUT2D eigenvalue weighted by molar-refractivity contribution is 0.0906. The number of nitrogens with two attached hydrogens (primary N) is 1. The molecule has 1 aromatic carbocycles. The highest BCUT2D eigenvalue weighted by atomic mass is 32.2. The van der Waals surface area contributed by atoms with Gasteiger partial charge in [-0.05, 0) is 5.56 Å². The Morgan fingerprint density at radius 2 is 1.73 bits per heavy atom. The average Bonchev–Trinajstić information content (AvgIpc) is 2.16. The Kier molecular flexibility index (Phi) is 2.92. The molecule has 0 amide bonds. The van der Waals surface area contributed by atoms with Crippen molar-refractivity contribution in [3.05, 3.63) is 42.0 Å². The summed E-state index contributed by atoms with van der Waals surface area (Å²) in [5, 5.41) is 0.355. The summed E-state index contributed by atoms with van der Waals surface area (Å²) in [4.78, 5) is 0. The van der Waals surface area contributed by atoms with Gasteiger partial charge in [-0.25, -0.2) is 13.6 Å². The molecule has 0 atom stereocenters. The monoisotopic (exact) mass is 233 g/mol. The Hall–Kier alpha value is -1.27. The molecule has 0 spiro atoms. The van der Waals surface area contributed by atoms with Crippen LogP contribution in [0.1, 0.15) is 11.1 Å². The second kappa shape index (κ2) is 3.71. The van der Waals surface area contributed by atoms with Gasteiger partial charge in [0.1, 0.15) is 0 Å². The molecule has 1 aromatic rings. The lowest BCUT2D eigenvalue weighted by Crippen LogP contribution is -2.32. The first-order chi connectivity index (χ1) is 6.79. The minimum Gasteiger partial charge on any atom is -0.223 e. The number of rotatable bonds is 3. The smallest absolute Gasteiger partial charge is 0.223 e. The zero-order valence-electron chi connectivity index (χ0n) is 7.65. The van der Waals surface area contributed by atoms with Crippen molar-refractivity contribution in [2.24, 2.45) is 5.14 Å². The van der Waals surface area contributed by atoms with Crippen LogP contribution in [0, 0.1) is 0 Å². The minimum absolute atomic E-state index is 0.615. The van der Waals surface area contributed by atoms with Crippen LogP contribution in [0.5, 0.6) is 0 Å². The molecular weight excluding hydrogens is 224 g/mol. The van der Waals surface area contributed by atoms with Crippen molar-refractivity contribution >= 4 is 16.1 Å². The fraction of sp³-hybridized carbons (Fsp3) is 0.111. The predicted molar refractivity (Wildman–Crippen MR) is 53.5 cm³/mol. The highest BCUT2D eigenvalue weighted by molar-refractivity contribution is 7.89. The standard InChI is InChI=1S/C9H9F2NO2S/c1-2-7-3-5-8(6-4-7)9(10,11)15(12,13)14/h2-6H,1H2,(H2,12,13,14). The first kappa shape index (κ1) is 11.8. The van der Waals surface area contributed by atoms with E-state index in [2.05, 4.69) is 11.7 Å². The van der Waals surface area contributed by atoms with Gasteiger partial charge in [-0.15, -0.1) is 0 Å². The molecule has 0 aliphatic heterocycles. The molecule has 2 N–H and O–H groups in total. The van der Waals surface area contributed by atoms with Gasteiger partial charge in [-0.2, -0.15) is 8.78 Å². The quantitative estimate of drug-likeness (QED) is 0.863. The predicted octanol–water partition coefficient (Wildman–Crippen LogP) is 1.67. The third-order valence-electron chi connectivity index (χ3n) is 1.84. The van der Waals surface area contributed by atoms with Crippen molar-refractivity contribution in [3.63, 3.8) is 0 Å².